The van der Waals surface area contributed by atoms with Gasteiger partial charge in [-0.3, -0.25) is 9.78 Å². The van der Waals surface area contributed by atoms with E-state index in [1.807, 2.05) is 17.0 Å². The quantitative estimate of drug-likeness (QED) is 0.171. The van der Waals surface area contributed by atoms with Gasteiger partial charge in [0, 0.05) is 29.5 Å². The lowest BCUT2D eigenvalue weighted by Crippen LogP contribution is -2.22. The van der Waals surface area contributed by atoms with Crippen molar-refractivity contribution in [3.8, 4) is 27.6 Å². The molecule has 11 heteroatoms. The van der Waals surface area contributed by atoms with E-state index in [2.05, 4.69) is 33.7 Å². The number of halogens is 2. The number of anilines is 1. The number of fused-ring (bicyclic) bond motifs is 5. The van der Waals surface area contributed by atoms with E-state index in [1.54, 1.807) is 30.4 Å². The predicted octanol–water partition coefficient (Wildman–Crippen LogP) is 8.78. The first-order valence-electron chi connectivity index (χ1n) is 17.0. The summed E-state index contributed by atoms with van der Waals surface area (Å²) in [7, 11) is 1.51. The summed E-state index contributed by atoms with van der Waals surface area (Å²) in [5.41, 5.74) is 7.50. The molecule has 0 radical (unpaired) electrons. The highest BCUT2D eigenvalue weighted by Crippen LogP contribution is 2.51. The van der Waals surface area contributed by atoms with E-state index in [4.69, 9.17) is 14.1 Å². The molecule has 8 nitrogen and oxygen atoms in total. The lowest BCUT2D eigenvalue weighted by atomic mass is 9.93. The highest BCUT2D eigenvalue weighted by Gasteiger charge is 2.45. The number of amides is 1. The van der Waals surface area contributed by atoms with Crippen molar-refractivity contribution in [2.24, 2.45) is 0 Å². The third kappa shape index (κ3) is 4.97. The summed E-state index contributed by atoms with van der Waals surface area (Å²) in [6, 6.07) is 18.1. The van der Waals surface area contributed by atoms with Crippen molar-refractivity contribution in [2.75, 3.05) is 19.0 Å². The van der Waals surface area contributed by atoms with E-state index < -0.39 is 0 Å². The van der Waals surface area contributed by atoms with Crippen molar-refractivity contribution in [1.82, 2.24) is 20.1 Å². The lowest BCUT2D eigenvalue weighted by molar-refractivity contribution is 0.0776. The molecule has 0 unspecified atom stereocenters. The molecular weight excluding hydrogens is 657 g/mol. The number of rotatable bonds is 8. The molecule has 3 aromatic heterocycles. The van der Waals surface area contributed by atoms with Gasteiger partial charge in [-0.15, -0.1) is 21.5 Å². The summed E-state index contributed by atoms with van der Waals surface area (Å²) in [5, 5.41) is 13.4. The average molecular weight is 690 g/mol. The predicted molar refractivity (Wildman–Crippen MR) is 188 cm³/mol. The maximum Gasteiger partial charge on any atom is 0.257 e. The minimum absolute atomic E-state index is 0.00966. The summed E-state index contributed by atoms with van der Waals surface area (Å²) in [5.74, 6) is 0.408. The van der Waals surface area contributed by atoms with Crippen molar-refractivity contribution in [3.63, 3.8) is 0 Å². The molecule has 1 saturated heterocycles. The van der Waals surface area contributed by atoms with Gasteiger partial charge < -0.3 is 19.4 Å². The number of aryl methyl sites for hydroxylation is 3. The van der Waals surface area contributed by atoms with Crippen LogP contribution in [-0.4, -0.2) is 39.6 Å². The fourth-order valence-electron chi connectivity index (χ4n) is 8.02. The summed E-state index contributed by atoms with van der Waals surface area (Å²) in [4.78, 5) is 22.3. The van der Waals surface area contributed by atoms with Crippen LogP contribution in [0.4, 0.5) is 14.5 Å². The molecule has 5 heterocycles. The molecule has 0 bridgehead atoms. The Morgan fingerprint density at radius 2 is 1.88 bits per heavy atom. The highest BCUT2D eigenvalue weighted by molar-refractivity contribution is 7.23. The maximum atomic E-state index is 14.5. The zero-order valence-electron chi connectivity index (χ0n) is 27.6. The normalized spacial score (nSPS) is 17.8. The molecule has 252 valence electrons. The van der Waals surface area contributed by atoms with Gasteiger partial charge in [-0.25, -0.2) is 8.78 Å². The Balaban J connectivity index is 1.20. The fourth-order valence-corrected chi connectivity index (χ4v) is 9.21. The second-order valence-corrected chi connectivity index (χ2v) is 14.2. The molecule has 2 aliphatic heterocycles. The summed E-state index contributed by atoms with van der Waals surface area (Å²) < 4.78 is 40.8. The molecule has 3 aliphatic rings. The van der Waals surface area contributed by atoms with Gasteiger partial charge in [0.25, 0.3) is 5.91 Å². The summed E-state index contributed by atoms with van der Waals surface area (Å²) in [6.07, 6.45) is 4.47. The molecule has 0 spiro atoms. The van der Waals surface area contributed by atoms with Crippen LogP contribution in [0.1, 0.15) is 75.7 Å². The Morgan fingerprint density at radius 1 is 1.02 bits per heavy atom. The van der Waals surface area contributed by atoms with Crippen LogP contribution in [0, 0.1) is 18.6 Å². The van der Waals surface area contributed by atoms with E-state index in [1.165, 1.54) is 25.3 Å². The van der Waals surface area contributed by atoms with E-state index in [9.17, 15) is 13.6 Å². The monoisotopic (exact) mass is 689 g/mol. The minimum Gasteiger partial charge on any atom is -0.493 e. The van der Waals surface area contributed by atoms with Crippen LogP contribution in [-0.2, 0) is 19.3 Å². The molecule has 1 amide bonds. The largest absolute Gasteiger partial charge is 0.493 e. The average Bonchev–Trinajstić information content (AvgIpc) is 3.96. The molecule has 0 saturated carbocycles. The van der Waals surface area contributed by atoms with Crippen LogP contribution in [0.3, 0.4) is 0 Å². The van der Waals surface area contributed by atoms with Gasteiger partial charge in [0.1, 0.15) is 5.82 Å². The minimum atomic E-state index is -0.346. The second kappa shape index (κ2) is 12.0. The molecular formula is C39H33F2N5O3S. The topological polar surface area (TPSA) is 93.4 Å². The van der Waals surface area contributed by atoms with Crippen LogP contribution in [0.15, 0.2) is 65.1 Å². The number of hydrogen-bond donors (Lipinski definition) is 1. The number of thiophene rings is 1. The number of ether oxygens (including phenoxy) is 1. The number of nitrogens with one attached hydrogen (secondary N) is 1. The van der Waals surface area contributed by atoms with Crippen LogP contribution >= 0.6 is 11.3 Å². The van der Waals surface area contributed by atoms with Crippen molar-refractivity contribution >= 4 is 33.0 Å². The molecule has 1 N–H and O–H groups in total. The van der Waals surface area contributed by atoms with E-state index >= 15 is 0 Å². The third-order valence-corrected chi connectivity index (χ3v) is 11.5. The van der Waals surface area contributed by atoms with Crippen LogP contribution in [0.5, 0.6) is 5.75 Å². The first-order valence-corrected chi connectivity index (χ1v) is 17.8. The Morgan fingerprint density at radius 3 is 2.68 bits per heavy atom. The molecule has 3 aromatic carbocycles. The second-order valence-electron chi connectivity index (χ2n) is 13.2. The number of aromatic nitrogens is 3. The number of methoxy groups -OCH3 is 1. The SMILES string of the molecule is COc1c(F)ccc2c1CC[C@H]2Nc1cccc2cc(-c3c4c(nc(CCc5ccc(F)cc5)c3-c3nnc(C)o3)[C@@H]3CCCN3C4=O)sc12. The molecule has 1 aliphatic carbocycles. The first-order chi connectivity index (χ1) is 24.4. The van der Waals surface area contributed by atoms with Crippen LogP contribution < -0.4 is 10.1 Å². The summed E-state index contributed by atoms with van der Waals surface area (Å²) >= 11 is 1.61. The molecule has 9 rings (SSSR count). The zero-order chi connectivity index (χ0) is 34.1. The van der Waals surface area contributed by atoms with Gasteiger partial charge in [0.05, 0.1) is 52.1 Å². The van der Waals surface area contributed by atoms with Gasteiger partial charge in [0.15, 0.2) is 11.6 Å². The van der Waals surface area contributed by atoms with Crippen molar-refractivity contribution in [3.05, 3.63) is 112 Å². The number of carbonyl (C=O) groups excluding carboxylic acids is 1. The smallest absolute Gasteiger partial charge is 0.257 e. The molecule has 6 aromatic rings. The van der Waals surface area contributed by atoms with Crippen molar-refractivity contribution in [2.45, 2.75) is 57.5 Å². The third-order valence-electron chi connectivity index (χ3n) is 10.3. The zero-order valence-corrected chi connectivity index (χ0v) is 28.4. The highest BCUT2D eigenvalue weighted by atomic mass is 32.1. The van der Waals surface area contributed by atoms with Gasteiger partial charge in [0.2, 0.25) is 11.8 Å². The van der Waals surface area contributed by atoms with Gasteiger partial charge in [-0.05, 0) is 85.4 Å². The number of pyridine rings is 1. The Kier molecular flexibility index (Phi) is 7.42. The standard InChI is InChI=1S/C39H33F2N5O3S/c1-20-44-45-38(49-20)32-28(16-10-21-8-11-23(40)12-9-21)43-35-30-7-4-18-46(30)39(47)34(35)33(32)31-19-22-5-3-6-29(37(22)50-31)42-27-17-14-25-24(27)13-15-26(41)36(25)48-2/h3,5-6,8-9,11-13,15,19,27,30,42H,4,7,10,14,16-18H2,1-2H3/t27-,30+/m1/s1. The Hall–Kier alpha value is -5.16. The molecule has 2 atom stereocenters. The number of benzene rings is 3. The van der Waals surface area contributed by atoms with Crippen molar-refractivity contribution in [1.29, 1.82) is 0 Å². The van der Waals surface area contributed by atoms with Crippen molar-refractivity contribution < 1.29 is 22.7 Å². The number of carbonyl (C=O) groups is 1. The maximum absolute atomic E-state index is 14.5. The van der Waals surface area contributed by atoms with E-state index in [0.717, 1.165) is 80.0 Å². The van der Waals surface area contributed by atoms with Crippen LogP contribution in [0.2, 0.25) is 0 Å². The van der Waals surface area contributed by atoms with Gasteiger partial charge in [-0.1, -0.05) is 30.3 Å². The van der Waals surface area contributed by atoms with E-state index in [0.29, 0.717) is 48.0 Å². The van der Waals surface area contributed by atoms with E-state index in [-0.39, 0.29) is 29.6 Å². The number of hydrogen-bond acceptors (Lipinski definition) is 8. The number of nitrogens with zero attached hydrogens (tertiary/aromatic N) is 4. The van der Waals surface area contributed by atoms with Gasteiger partial charge >= 0.3 is 0 Å². The lowest BCUT2D eigenvalue weighted by Gasteiger charge is -2.17. The first kappa shape index (κ1) is 30.9. The summed E-state index contributed by atoms with van der Waals surface area (Å²) in [6.45, 7) is 2.44. The molecule has 50 heavy (non-hydrogen) atoms. The van der Waals surface area contributed by atoms with Gasteiger partial charge in [-0.2, -0.15) is 0 Å². The van der Waals surface area contributed by atoms with Crippen LogP contribution in [0.25, 0.3) is 32.0 Å². The fraction of sp³-hybridized carbons (Fsp3) is 0.282. The molecule has 1 fully saturated rings. The Bertz CT molecular complexity index is 2320. The Labute approximate surface area is 291 Å².